The van der Waals surface area contributed by atoms with Crippen LogP contribution in [0.15, 0.2) is 72.8 Å². The molecule has 3 aromatic carbocycles. The maximum atomic E-state index is 11.9. The summed E-state index contributed by atoms with van der Waals surface area (Å²) in [5.41, 5.74) is 5.52. The quantitative estimate of drug-likeness (QED) is 0.707. The number of hydrogen-bond donors (Lipinski definition) is 1. The van der Waals surface area contributed by atoms with Crippen molar-refractivity contribution in [3.8, 4) is 0 Å². The molecule has 0 saturated carbocycles. The maximum absolute atomic E-state index is 11.9. The van der Waals surface area contributed by atoms with E-state index in [9.17, 15) is 5.11 Å². The van der Waals surface area contributed by atoms with E-state index >= 15 is 0 Å². The lowest BCUT2D eigenvalue weighted by Crippen LogP contribution is -2.30. The SMILES string of the molecule is Cc1ccc(C2(O)c3ccccc3CCc3ccccc32)cc1. The number of aliphatic hydroxyl groups is 1. The summed E-state index contributed by atoms with van der Waals surface area (Å²) < 4.78 is 0. The van der Waals surface area contributed by atoms with Gasteiger partial charge >= 0.3 is 0 Å². The maximum Gasteiger partial charge on any atom is 0.141 e. The highest BCUT2D eigenvalue weighted by atomic mass is 16.3. The predicted octanol–water partition coefficient (Wildman–Crippen LogP) is 4.38. The lowest BCUT2D eigenvalue weighted by Gasteiger charge is -2.31. The number of benzene rings is 3. The second-order valence-corrected chi connectivity index (χ2v) is 6.39. The molecule has 0 atom stereocenters. The smallest absolute Gasteiger partial charge is 0.141 e. The molecule has 4 rings (SSSR count). The molecule has 1 aliphatic carbocycles. The average molecular weight is 300 g/mol. The Labute approximate surface area is 137 Å². The standard InChI is InChI=1S/C22H20O/c1-16-10-14-19(15-11-16)22(23)20-8-4-2-6-17(20)12-13-18-7-3-5-9-21(18)22/h2-11,14-15,23H,12-13H2,1H3. The molecule has 0 unspecified atom stereocenters. The van der Waals surface area contributed by atoms with Crippen LogP contribution in [0.2, 0.25) is 0 Å². The summed E-state index contributed by atoms with van der Waals surface area (Å²) in [6.07, 6.45) is 1.92. The number of rotatable bonds is 1. The van der Waals surface area contributed by atoms with Gasteiger partial charge in [-0.25, -0.2) is 0 Å². The minimum Gasteiger partial charge on any atom is -0.376 e. The zero-order valence-electron chi connectivity index (χ0n) is 13.3. The van der Waals surface area contributed by atoms with Gasteiger partial charge in [0.05, 0.1) is 0 Å². The van der Waals surface area contributed by atoms with Crippen LogP contribution in [0.1, 0.15) is 33.4 Å². The molecule has 1 heteroatoms. The molecule has 0 saturated heterocycles. The Morgan fingerprint density at radius 2 is 1.17 bits per heavy atom. The fourth-order valence-corrected chi connectivity index (χ4v) is 3.70. The van der Waals surface area contributed by atoms with Gasteiger partial charge in [-0.3, -0.25) is 0 Å². The first-order valence-corrected chi connectivity index (χ1v) is 8.16. The Morgan fingerprint density at radius 1 is 0.696 bits per heavy atom. The molecular formula is C22H20O. The van der Waals surface area contributed by atoms with Crippen molar-refractivity contribution in [2.45, 2.75) is 25.4 Å². The van der Waals surface area contributed by atoms with Gasteiger partial charge in [0.1, 0.15) is 5.60 Å². The molecule has 23 heavy (non-hydrogen) atoms. The fourth-order valence-electron chi connectivity index (χ4n) is 3.70. The minimum atomic E-state index is -1.09. The van der Waals surface area contributed by atoms with E-state index in [-0.39, 0.29) is 0 Å². The van der Waals surface area contributed by atoms with E-state index in [0.717, 1.165) is 29.5 Å². The van der Waals surface area contributed by atoms with Crippen molar-refractivity contribution in [3.05, 3.63) is 106 Å². The lowest BCUT2D eigenvalue weighted by molar-refractivity contribution is 0.125. The summed E-state index contributed by atoms with van der Waals surface area (Å²) >= 11 is 0. The number of hydrogen-bond acceptors (Lipinski definition) is 1. The lowest BCUT2D eigenvalue weighted by atomic mass is 9.78. The third-order valence-electron chi connectivity index (χ3n) is 4.95. The van der Waals surface area contributed by atoms with E-state index in [1.807, 2.05) is 24.3 Å². The van der Waals surface area contributed by atoms with Crippen molar-refractivity contribution in [2.24, 2.45) is 0 Å². The van der Waals surface area contributed by atoms with Crippen molar-refractivity contribution in [3.63, 3.8) is 0 Å². The highest BCUT2D eigenvalue weighted by Crippen LogP contribution is 2.42. The van der Waals surface area contributed by atoms with Gasteiger partial charge < -0.3 is 5.11 Å². The molecule has 1 nitrogen and oxygen atoms in total. The topological polar surface area (TPSA) is 20.2 Å². The largest absolute Gasteiger partial charge is 0.376 e. The molecule has 0 aromatic heterocycles. The normalized spacial score (nSPS) is 15.4. The van der Waals surface area contributed by atoms with Crippen LogP contribution in [0.25, 0.3) is 0 Å². The monoisotopic (exact) mass is 300 g/mol. The molecule has 0 heterocycles. The Hall–Kier alpha value is -2.38. The molecular weight excluding hydrogens is 280 g/mol. The first kappa shape index (κ1) is 14.2. The van der Waals surface area contributed by atoms with Crippen LogP contribution in [-0.4, -0.2) is 5.11 Å². The van der Waals surface area contributed by atoms with Crippen LogP contribution in [0, 0.1) is 6.92 Å². The van der Waals surface area contributed by atoms with Crippen molar-refractivity contribution in [1.29, 1.82) is 0 Å². The average Bonchev–Trinajstić information content (AvgIpc) is 2.72. The van der Waals surface area contributed by atoms with Crippen molar-refractivity contribution >= 4 is 0 Å². The zero-order chi connectivity index (χ0) is 15.9. The van der Waals surface area contributed by atoms with Crippen LogP contribution >= 0.6 is 0 Å². The van der Waals surface area contributed by atoms with Gasteiger partial charge in [0.25, 0.3) is 0 Å². The minimum absolute atomic E-state index is 0.935. The van der Waals surface area contributed by atoms with E-state index in [0.29, 0.717) is 0 Å². The summed E-state index contributed by atoms with van der Waals surface area (Å²) in [5.74, 6) is 0. The van der Waals surface area contributed by atoms with Gasteiger partial charge in [-0.05, 0) is 47.6 Å². The van der Waals surface area contributed by atoms with Gasteiger partial charge in [-0.2, -0.15) is 0 Å². The second kappa shape index (κ2) is 5.36. The summed E-state index contributed by atoms with van der Waals surface area (Å²) in [5, 5.41) is 11.9. The first-order chi connectivity index (χ1) is 11.2. The van der Waals surface area contributed by atoms with Gasteiger partial charge in [-0.1, -0.05) is 78.4 Å². The Morgan fingerprint density at radius 3 is 1.70 bits per heavy atom. The van der Waals surface area contributed by atoms with Gasteiger partial charge in [0.15, 0.2) is 0 Å². The fraction of sp³-hybridized carbons (Fsp3) is 0.182. The second-order valence-electron chi connectivity index (χ2n) is 6.39. The van der Waals surface area contributed by atoms with Gasteiger partial charge in [-0.15, -0.1) is 0 Å². The summed E-state index contributed by atoms with van der Waals surface area (Å²) in [7, 11) is 0. The molecule has 0 aliphatic heterocycles. The van der Waals surface area contributed by atoms with E-state index in [4.69, 9.17) is 0 Å². The van der Waals surface area contributed by atoms with Crippen LogP contribution in [-0.2, 0) is 18.4 Å². The molecule has 0 amide bonds. The van der Waals surface area contributed by atoms with Crippen molar-refractivity contribution < 1.29 is 5.11 Å². The number of aryl methyl sites for hydroxylation is 3. The van der Waals surface area contributed by atoms with Crippen LogP contribution in [0.3, 0.4) is 0 Å². The summed E-state index contributed by atoms with van der Waals surface area (Å²) in [6.45, 7) is 2.07. The first-order valence-electron chi connectivity index (χ1n) is 8.16. The Kier molecular flexibility index (Phi) is 3.32. The van der Waals surface area contributed by atoms with E-state index < -0.39 is 5.60 Å². The Bertz CT molecular complexity index is 798. The summed E-state index contributed by atoms with van der Waals surface area (Å²) in [6, 6.07) is 24.8. The molecule has 1 N–H and O–H groups in total. The van der Waals surface area contributed by atoms with Crippen LogP contribution in [0.4, 0.5) is 0 Å². The van der Waals surface area contributed by atoms with Crippen molar-refractivity contribution in [1.82, 2.24) is 0 Å². The van der Waals surface area contributed by atoms with E-state index in [1.54, 1.807) is 0 Å². The highest BCUT2D eigenvalue weighted by molar-refractivity contribution is 5.54. The summed E-state index contributed by atoms with van der Waals surface area (Å²) in [4.78, 5) is 0. The molecule has 0 radical (unpaired) electrons. The highest BCUT2D eigenvalue weighted by Gasteiger charge is 2.38. The zero-order valence-corrected chi connectivity index (χ0v) is 13.3. The van der Waals surface area contributed by atoms with Gasteiger partial charge in [0, 0.05) is 0 Å². The molecule has 3 aromatic rings. The van der Waals surface area contributed by atoms with Crippen LogP contribution in [0.5, 0.6) is 0 Å². The third kappa shape index (κ3) is 2.20. The number of fused-ring (bicyclic) bond motifs is 2. The molecule has 1 aliphatic rings. The van der Waals surface area contributed by atoms with Crippen LogP contribution < -0.4 is 0 Å². The third-order valence-corrected chi connectivity index (χ3v) is 4.95. The molecule has 114 valence electrons. The predicted molar refractivity (Wildman–Crippen MR) is 93.6 cm³/mol. The van der Waals surface area contributed by atoms with E-state index in [2.05, 4.69) is 55.5 Å². The Balaban J connectivity index is 2.05. The molecule has 0 fully saturated rings. The molecule has 0 bridgehead atoms. The molecule has 0 spiro atoms. The van der Waals surface area contributed by atoms with Gasteiger partial charge in [0.2, 0.25) is 0 Å². The van der Waals surface area contributed by atoms with Crippen molar-refractivity contribution in [2.75, 3.05) is 0 Å². The van der Waals surface area contributed by atoms with E-state index in [1.165, 1.54) is 16.7 Å².